The topological polar surface area (TPSA) is 91.7 Å². The van der Waals surface area contributed by atoms with Gasteiger partial charge in [0.05, 0.1) is 5.41 Å². The average Bonchev–Trinajstić information content (AvgIpc) is 2.76. The van der Waals surface area contributed by atoms with Gasteiger partial charge in [-0.3, -0.25) is 14.4 Å². The third-order valence-corrected chi connectivity index (χ3v) is 7.25. The summed E-state index contributed by atoms with van der Waals surface area (Å²) in [6.07, 6.45) is 15.4. The highest BCUT2D eigenvalue weighted by Crippen LogP contribution is 2.36. The summed E-state index contributed by atoms with van der Waals surface area (Å²) in [7, 11) is 0. The Hall–Kier alpha value is -2.53. The standard InChI is InChI=1S/C32H46O5/c1-29(2,21-33)15-9-11-22-17-30(3,4)19-24(26(22)34)13-14-25-20-31(5,6)18-23(27(25)35)12-10-16-32(7,8)28(36)37/h13-14,17-20,33H,9-12,15-16,21H2,1-8H3,(H,36,37). The second kappa shape index (κ2) is 11.5. The van der Waals surface area contributed by atoms with Crippen LogP contribution in [-0.2, 0) is 14.4 Å². The number of carbonyl (C=O) groups excluding carboxylic acids is 2. The van der Waals surface area contributed by atoms with Crippen molar-refractivity contribution in [2.45, 2.75) is 93.9 Å². The molecule has 0 aromatic heterocycles. The van der Waals surface area contributed by atoms with Crippen LogP contribution >= 0.6 is 0 Å². The molecule has 2 N–H and O–H groups in total. The first-order valence-corrected chi connectivity index (χ1v) is 13.4. The number of aliphatic hydroxyl groups excluding tert-OH is 1. The van der Waals surface area contributed by atoms with Crippen molar-refractivity contribution in [3.8, 4) is 0 Å². The van der Waals surface area contributed by atoms with E-state index >= 15 is 0 Å². The lowest BCUT2D eigenvalue weighted by Crippen LogP contribution is -2.24. The molecule has 2 aliphatic rings. The van der Waals surface area contributed by atoms with Crippen molar-refractivity contribution < 1.29 is 24.6 Å². The quantitative estimate of drug-likeness (QED) is 0.297. The molecule has 0 saturated carbocycles. The summed E-state index contributed by atoms with van der Waals surface area (Å²) < 4.78 is 0. The van der Waals surface area contributed by atoms with E-state index in [9.17, 15) is 24.6 Å². The van der Waals surface area contributed by atoms with Gasteiger partial charge in [-0.05, 0) is 68.9 Å². The summed E-state index contributed by atoms with van der Waals surface area (Å²) in [5, 5.41) is 18.9. The van der Waals surface area contributed by atoms with Gasteiger partial charge in [-0.2, -0.15) is 0 Å². The van der Waals surface area contributed by atoms with Gasteiger partial charge >= 0.3 is 5.97 Å². The van der Waals surface area contributed by atoms with E-state index in [0.717, 1.165) is 18.4 Å². The zero-order chi connectivity index (χ0) is 28.2. The highest BCUT2D eigenvalue weighted by atomic mass is 16.4. The van der Waals surface area contributed by atoms with Crippen molar-refractivity contribution in [2.75, 3.05) is 6.61 Å². The van der Waals surface area contributed by atoms with Crippen molar-refractivity contribution >= 4 is 17.5 Å². The van der Waals surface area contributed by atoms with Crippen LogP contribution in [0, 0.1) is 21.7 Å². The molecule has 0 bridgehead atoms. The number of hydrogen-bond acceptors (Lipinski definition) is 4. The summed E-state index contributed by atoms with van der Waals surface area (Å²) >= 11 is 0. The number of allylic oxidation sites excluding steroid dienone is 10. The highest BCUT2D eigenvalue weighted by molar-refractivity contribution is 6.13. The highest BCUT2D eigenvalue weighted by Gasteiger charge is 2.30. The van der Waals surface area contributed by atoms with Crippen LogP contribution in [0.15, 0.2) is 58.7 Å². The molecule has 0 amide bonds. The van der Waals surface area contributed by atoms with Crippen LogP contribution in [0.4, 0.5) is 0 Å². The molecule has 0 aromatic rings. The molecule has 0 aromatic carbocycles. The smallest absolute Gasteiger partial charge is 0.309 e. The van der Waals surface area contributed by atoms with E-state index in [1.165, 1.54) is 0 Å². The maximum absolute atomic E-state index is 13.3. The molecular formula is C32H46O5. The van der Waals surface area contributed by atoms with Gasteiger partial charge in [-0.15, -0.1) is 0 Å². The Bertz CT molecular complexity index is 1070. The van der Waals surface area contributed by atoms with E-state index in [1.807, 2.05) is 52.0 Å². The van der Waals surface area contributed by atoms with Gasteiger partial charge in [0.15, 0.2) is 11.6 Å². The molecule has 0 spiro atoms. The van der Waals surface area contributed by atoms with Crippen LogP contribution in [-0.4, -0.2) is 34.4 Å². The van der Waals surface area contributed by atoms with Crippen LogP contribution in [0.5, 0.6) is 0 Å². The first-order valence-electron chi connectivity index (χ1n) is 13.4. The van der Waals surface area contributed by atoms with Crippen LogP contribution in [0.2, 0.25) is 0 Å². The van der Waals surface area contributed by atoms with Gasteiger partial charge < -0.3 is 10.2 Å². The maximum atomic E-state index is 13.3. The summed E-state index contributed by atoms with van der Waals surface area (Å²) in [5.41, 5.74) is 1.05. The third-order valence-electron chi connectivity index (χ3n) is 7.25. The van der Waals surface area contributed by atoms with Crippen molar-refractivity contribution in [1.82, 2.24) is 0 Å². The maximum Gasteiger partial charge on any atom is 0.309 e. The Kier molecular flexibility index (Phi) is 9.51. The number of aliphatic carboxylic acids is 1. The molecular weight excluding hydrogens is 464 g/mol. The number of carbonyl (C=O) groups is 3. The first-order chi connectivity index (χ1) is 16.9. The van der Waals surface area contributed by atoms with Gasteiger partial charge in [0, 0.05) is 28.6 Å². The normalized spacial score (nSPS) is 19.9. The lowest BCUT2D eigenvalue weighted by Gasteiger charge is -2.26. The fourth-order valence-corrected chi connectivity index (χ4v) is 4.88. The fourth-order valence-electron chi connectivity index (χ4n) is 4.88. The second-order valence-corrected chi connectivity index (χ2v) is 13.4. The molecule has 37 heavy (non-hydrogen) atoms. The van der Waals surface area contributed by atoms with Gasteiger partial charge in [0.1, 0.15) is 0 Å². The molecule has 0 fully saturated rings. The lowest BCUT2D eigenvalue weighted by atomic mass is 9.77. The van der Waals surface area contributed by atoms with Gasteiger partial charge in [-0.1, -0.05) is 78.0 Å². The molecule has 0 aliphatic heterocycles. The van der Waals surface area contributed by atoms with Crippen LogP contribution in [0.1, 0.15) is 93.9 Å². The molecule has 0 heterocycles. The predicted molar refractivity (Wildman–Crippen MR) is 149 cm³/mol. The van der Waals surface area contributed by atoms with Crippen LogP contribution in [0.3, 0.4) is 0 Å². The monoisotopic (exact) mass is 510 g/mol. The Morgan fingerprint density at radius 3 is 1.57 bits per heavy atom. The number of ketones is 2. The molecule has 0 atom stereocenters. The second-order valence-electron chi connectivity index (χ2n) is 13.4. The minimum Gasteiger partial charge on any atom is -0.481 e. The fraction of sp³-hybridized carbons (Fsp3) is 0.594. The zero-order valence-corrected chi connectivity index (χ0v) is 24.0. The summed E-state index contributed by atoms with van der Waals surface area (Å²) in [6.45, 7) is 15.8. The SMILES string of the molecule is CC1(C)C=C(C=CC2=CC(C)(C)C=C(CCCC(C)(C)C(=O)O)C2=O)C(=O)C(CCCC(C)(C)CO)=C1. The molecule has 204 valence electrons. The number of hydrogen-bond donors (Lipinski definition) is 2. The van der Waals surface area contributed by atoms with Crippen molar-refractivity contribution in [3.05, 3.63) is 58.7 Å². The zero-order valence-electron chi connectivity index (χ0n) is 24.0. The number of rotatable bonds is 12. The molecule has 0 saturated heterocycles. The van der Waals surface area contributed by atoms with E-state index in [0.29, 0.717) is 42.4 Å². The minimum absolute atomic E-state index is 0.00725. The molecule has 0 radical (unpaired) electrons. The van der Waals surface area contributed by atoms with Crippen LogP contribution in [0.25, 0.3) is 0 Å². The molecule has 2 rings (SSSR count). The average molecular weight is 511 g/mol. The lowest BCUT2D eigenvalue weighted by molar-refractivity contribution is -0.147. The Labute approximate surface area is 223 Å². The number of Topliss-reactive ketones (excluding diaryl/α,β-unsaturated/α-hetero) is 2. The van der Waals surface area contributed by atoms with E-state index in [-0.39, 0.29) is 34.4 Å². The summed E-state index contributed by atoms with van der Waals surface area (Å²) in [4.78, 5) is 38.0. The van der Waals surface area contributed by atoms with Crippen LogP contribution < -0.4 is 0 Å². The van der Waals surface area contributed by atoms with E-state index < -0.39 is 11.4 Å². The summed E-state index contributed by atoms with van der Waals surface area (Å²) in [6, 6.07) is 0. The molecule has 2 aliphatic carbocycles. The molecule has 0 unspecified atom stereocenters. The van der Waals surface area contributed by atoms with E-state index in [4.69, 9.17) is 0 Å². The van der Waals surface area contributed by atoms with E-state index in [1.54, 1.807) is 26.0 Å². The molecule has 5 nitrogen and oxygen atoms in total. The summed E-state index contributed by atoms with van der Waals surface area (Å²) in [5.74, 6) is -0.903. The predicted octanol–water partition coefficient (Wildman–Crippen LogP) is 6.94. The number of carboxylic acids is 1. The van der Waals surface area contributed by atoms with E-state index in [2.05, 4.69) is 13.8 Å². The van der Waals surface area contributed by atoms with Gasteiger partial charge in [-0.25, -0.2) is 0 Å². The van der Waals surface area contributed by atoms with Crippen molar-refractivity contribution in [3.63, 3.8) is 0 Å². The van der Waals surface area contributed by atoms with Gasteiger partial charge in [0.2, 0.25) is 0 Å². The Morgan fingerprint density at radius 1 is 0.784 bits per heavy atom. The van der Waals surface area contributed by atoms with Crippen molar-refractivity contribution in [2.24, 2.45) is 21.7 Å². The van der Waals surface area contributed by atoms with Gasteiger partial charge in [0.25, 0.3) is 0 Å². The Balaban J connectivity index is 2.16. The molecule has 5 heteroatoms. The first kappa shape index (κ1) is 30.7. The van der Waals surface area contributed by atoms with Crippen molar-refractivity contribution in [1.29, 1.82) is 0 Å². The number of aliphatic hydroxyl groups is 1. The minimum atomic E-state index is -0.834. The Morgan fingerprint density at radius 2 is 1.19 bits per heavy atom. The third kappa shape index (κ3) is 8.77. The largest absolute Gasteiger partial charge is 0.481 e. The number of carboxylic acid groups (broad SMARTS) is 1.